The summed E-state index contributed by atoms with van der Waals surface area (Å²) in [5.74, 6) is 0. The van der Waals surface area contributed by atoms with Crippen molar-refractivity contribution in [2.75, 3.05) is 0 Å². The van der Waals surface area contributed by atoms with E-state index in [2.05, 4.69) is 121 Å². The summed E-state index contributed by atoms with van der Waals surface area (Å²) in [6.45, 7) is 2.30. The quantitative estimate of drug-likeness (QED) is 0.275. The number of benzene rings is 3. The Hall–Kier alpha value is -1.18. The van der Waals surface area contributed by atoms with Gasteiger partial charge in [-0.2, -0.15) is 0 Å². The molecule has 0 spiro atoms. The first-order valence-corrected chi connectivity index (χ1v) is 11.9. The molecule has 0 bridgehead atoms. The van der Waals surface area contributed by atoms with Crippen LogP contribution in [-0.4, -0.2) is 3.67 Å². The molecule has 1 atom stereocenters. The number of alkyl halides is 1. The maximum atomic E-state index is 2.73. The molecule has 0 saturated heterocycles. The fraction of sp³-hybridized carbons (Fsp3) is 0.182. The summed E-state index contributed by atoms with van der Waals surface area (Å²) >= 11 is 2.73. The molecule has 124 valence electrons. The van der Waals surface area contributed by atoms with Crippen LogP contribution in [0.25, 0.3) is 0 Å². The average molecular weight is 446 g/mol. The summed E-state index contributed by atoms with van der Waals surface area (Å²) in [7, 11) is -2.06. The van der Waals surface area contributed by atoms with Crippen molar-refractivity contribution in [3.05, 3.63) is 91.0 Å². The van der Waals surface area contributed by atoms with Crippen LogP contribution >= 0.6 is 29.9 Å². The Morgan fingerprint density at radius 3 is 1.29 bits per heavy atom. The monoisotopic (exact) mass is 446 g/mol. The van der Waals surface area contributed by atoms with Crippen molar-refractivity contribution in [3.8, 4) is 0 Å². The van der Waals surface area contributed by atoms with Crippen LogP contribution in [-0.2, 0) is 0 Å². The van der Waals surface area contributed by atoms with Gasteiger partial charge in [-0.3, -0.25) is 0 Å². The Labute approximate surface area is 159 Å². The molecule has 3 aromatic carbocycles. The van der Waals surface area contributed by atoms with E-state index >= 15 is 0 Å². The number of halogens is 1. The molecule has 0 heterocycles. The molecule has 0 aromatic heterocycles. The molecule has 0 amide bonds. The molecule has 0 aliphatic heterocycles. The Morgan fingerprint density at radius 2 is 1.00 bits per heavy atom. The molecule has 0 aliphatic carbocycles. The predicted octanol–water partition coefficient (Wildman–Crippen LogP) is 5.27. The Balaban J connectivity index is 2.33. The van der Waals surface area contributed by atoms with E-state index in [4.69, 9.17) is 0 Å². The second-order valence-corrected chi connectivity index (χ2v) is 12.9. The van der Waals surface area contributed by atoms with E-state index in [9.17, 15) is 0 Å². The third kappa shape index (κ3) is 3.30. The van der Waals surface area contributed by atoms with Crippen LogP contribution in [0, 0.1) is 0 Å². The van der Waals surface area contributed by atoms with Crippen LogP contribution in [0.15, 0.2) is 91.0 Å². The van der Waals surface area contributed by atoms with E-state index in [1.54, 1.807) is 0 Å². The Morgan fingerprint density at radius 1 is 0.667 bits per heavy atom. The SMILES string of the molecule is CCCC(I)[PH](c1ccccc1)(c1ccccc1)c1ccccc1. The molecule has 0 aliphatic rings. The van der Waals surface area contributed by atoms with Gasteiger partial charge in [-0.15, -0.1) is 0 Å². The van der Waals surface area contributed by atoms with Crippen LogP contribution in [0.1, 0.15) is 19.8 Å². The van der Waals surface area contributed by atoms with E-state index in [0.29, 0.717) is 3.67 Å². The van der Waals surface area contributed by atoms with E-state index in [1.807, 2.05) is 0 Å². The minimum absolute atomic E-state index is 0.618. The van der Waals surface area contributed by atoms with Gasteiger partial charge in [0, 0.05) is 0 Å². The molecule has 0 fully saturated rings. The van der Waals surface area contributed by atoms with Gasteiger partial charge in [0.05, 0.1) is 0 Å². The fourth-order valence-electron chi connectivity index (χ4n) is 3.62. The first-order chi connectivity index (χ1) is 11.8. The summed E-state index contributed by atoms with van der Waals surface area (Å²) in [6, 6.07) is 33.6. The minimum atomic E-state index is -2.06. The van der Waals surface area contributed by atoms with Gasteiger partial charge in [-0.1, -0.05) is 0 Å². The van der Waals surface area contributed by atoms with Crippen LogP contribution in [0.5, 0.6) is 0 Å². The van der Waals surface area contributed by atoms with Gasteiger partial charge in [0.15, 0.2) is 0 Å². The van der Waals surface area contributed by atoms with Gasteiger partial charge in [-0.05, 0) is 0 Å². The van der Waals surface area contributed by atoms with E-state index in [1.165, 1.54) is 28.8 Å². The zero-order valence-corrected chi connectivity index (χ0v) is 17.2. The normalized spacial score (nSPS) is 13.4. The van der Waals surface area contributed by atoms with Gasteiger partial charge in [0.25, 0.3) is 0 Å². The van der Waals surface area contributed by atoms with Crippen molar-refractivity contribution in [2.45, 2.75) is 23.4 Å². The van der Waals surface area contributed by atoms with Crippen LogP contribution < -0.4 is 15.9 Å². The third-order valence-corrected chi connectivity index (χ3v) is 13.1. The predicted molar refractivity (Wildman–Crippen MR) is 119 cm³/mol. The second-order valence-electron chi connectivity index (χ2n) is 6.16. The molecule has 0 saturated carbocycles. The molecule has 0 radical (unpaired) electrons. The van der Waals surface area contributed by atoms with E-state index in [0.717, 1.165) is 0 Å². The zero-order chi connectivity index (χ0) is 16.8. The molecule has 3 rings (SSSR count). The van der Waals surface area contributed by atoms with Crippen LogP contribution in [0.4, 0.5) is 0 Å². The summed E-state index contributed by atoms with van der Waals surface area (Å²) in [5, 5.41) is 4.53. The van der Waals surface area contributed by atoms with Gasteiger partial charge in [-0.25, -0.2) is 0 Å². The summed E-state index contributed by atoms with van der Waals surface area (Å²) in [6.07, 6.45) is 2.46. The number of hydrogen-bond acceptors (Lipinski definition) is 0. The Bertz CT molecular complexity index is 644. The first-order valence-electron chi connectivity index (χ1n) is 8.60. The van der Waals surface area contributed by atoms with Crippen LogP contribution in [0.3, 0.4) is 0 Å². The molecule has 24 heavy (non-hydrogen) atoms. The topological polar surface area (TPSA) is 0 Å². The summed E-state index contributed by atoms with van der Waals surface area (Å²) in [4.78, 5) is 0. The second kappa shape index (κ2) is 8.27. The molecule has 2 heteroatoms. The van der Waals surface area contributed by atoms with Crippen molar-refractivity contribution in [1.82, 2.24) is 0 Å². The molecule has 3 aromatic rings. The zero-order valence-electron chi connectivity index (χ0n) is 14.0. The number of hydrogen-bond donors (Lipinski definition) is 0. The van der Waals surface area contributed by atoms with Crippen LogP contribution in [0.2, 0.25) is 0 Å². The molecule has 0 nitrogen and oxygen atoms in total. The van der Waals surface area contributed by atoms with Gasteiger partial charge >= 0.3 is 160 Å². The van der Waals surface area contributed by atoms with Crippen molar-refractivity contribution < 1.29 is 0 Å². The maximum absolute atomic E-state index is 2.73. The van der Waals surface area contributed by atoms with Crippen molar-refractivity contribution in [3.63, 3.8) is 0 Å². The van der Waals surface area contributed by atoms with Crippen molar-refractivity contribution >= 4 is 45.8 Å². The number of rotatable bonds is 6. The Kier molecular flexibility index (Phi) is 6.08. The van der Waals surface area contributed by atoms with Gasteiger partial charge in [0.1, 0.15) is 0 Å². The van der Waals surface area contributed by atoms with Gasteiger partial charge < -0.3 is 0 Å². The van der Waals surface area contributed by atoms with E-state index in [-0.39, 0.29) is 0 Å². The van der Waals surface area contributed by atoms with Crippen molar-refractivity contribution in [2.24, 2.45) is 0 Å². The average Bonchev–Trinajstić information content (AvgIpc) is 2.65. The molecule has 1 unspecified atom stereocenters. The standard InChI is InChI=1S/C22H24IP/c1-2-12-22(23)24(19-13-6-3-7-14-19,20-15-8-4-9-16-20)21-17-10-5-11-18-21/h3-11,13-18,22,24H,2,12H2,1H3. The molecule has 0 N–H and O–H groups in total. The molecular formula is C22H24IP. The first kappa shape index (κ1) is 17.6. The summed E-state index contributed by atoms with van der Waals surface area (Å²) < 4.78 is 0.618. The van der Waals surface area contributed by atoms with E-state index < -0.39 is 7.26 Å². The fourth-order valence-corrected chi connectivity index (χ4v) is 12.4. The van der Waals surface area contributed by atoms with Gasteiger partial charge in [0.2, 0.25) is 0 Å². The third-order valence-electron chi connectivity index (χ3n) is 4.70. The summed E-state index contributed by atoms with van der Waals surface area (Å²) in [5.41, 5.74) is 0. The van der Waals surface area contributed by atoms with Crippen molar-refractivity contribution in [1.29, 1.82) is 0 Å². The molecular weight excluding hydrogens is 422 g/mol.